The van der Waals surface area contributed by atoms with Crippen molar-refractivity contribution in [3.8, 4) is 16.3 Å². The van der Waals surface area contributed by atoms with Crippen molar-refractivity contribution in [2.24, 2.45) is 0 Å². The highest BCUT2D eigenvalue weighted by Gasteiger charge is 2.16. The van der Waals surface area contributed by atoms with Crippen LogP contribution >= 0.6 is 11.3 Å². The van der Waals surface area contributed by atoms with Gasteiger partial charge >= 0.3 is 0 Å². The topological polar surface area (TPSA) is 77.2 Å². The van der Waals surface area contributed by atoms with Crippen LogP contribution in [0.4, 0.5) is 0 Å². The predicted molar refractivity (Wildman–Crippen MR) is 95.9 cm³/mol. The second-order valence-corrected chi connectivity index (χ2v) is 6.50. The third kappa shape index (κ3) is 4.06. The van der Waals surface area contributed by atoms with E-state index in [-0.39, 0.29) is 5.91 Å². The average molecular weight is 357 g/mol. The van der Waals surface area contributed by atoms with Crippen molar-refractivity contribution in [2.45, 2.75) is 27.3 Å². The fourth-order valence-corrected chi connectivity index (χ4v) is 3.33. The van der Waals surface area contributed by atoms with Crippen molar-refractivity contribution in [3.05, 3.63) is 52.4 Å². The predicted octanol–water partition coefficient (Wildman–Crippen LogP) is 3.74. The van der Waals surface area contributed by atoms with E-state index < -0.39 is 0 Å². The number of hydrogen-bond acceptors (Lipinski definition) is 6. The quantitative estimate of drug-likeness (QED) is 0.727. The molecule has 1 N–H and O–H groups in total. The summed E-state index contributed by atoms with van der Waals surface area (Å²) in [4.78, 5) is 17.5. The minimum absolute atomic E-state index is 0.159. The van der Waals surface area contributed by atoms with Crippen LogP contribution in [-0.4, -0.2) is 22.7 Å². The third-order valence-corrected chi connectivity index (χ3v) is 4.73. The average Bonchev–Trinajstić information content (AvgIpc) is 3.19. The number of carbonyl (C=O) groups is 1. The van der Waals surface area contributed by atoms with Gasteiger partial charge in [-0.25, -0.2) is 4.98 Å². The van der Waals surface area contributed by atoms with E-state index in [1.807, 2.05) is 45.0 Å². The minimum atomic E-state index is -0.159. The molecule has 3 aromatic rings. The fourth-order valence-electron chi connectivity index (χ4n) is 2.34. The molecule has 0 aliphatic rings. The van der Waals surface area contributed by atoms with Gasteiger partial charge in [-0.05, 0) is 45.0 Å². The number of nitrogens with one attached hydrogen (secondary N) is 1. The van der Waals surface area contributed by atoms with E-state index in [0.717, 1.165) is 22.1 Å². The molecule has 3 rings (SSSR count). The number of ether oxygens (including phenoxy) is 1. The maximum Gasteiger partial charge on any atom is 0.263 e. The molecule has 0 bridgehead atoms. The summed E-state index contributed by atoms with van der Waals surface area (Å²) in [5, 5.41) is 7.52. The second kappa shape index (κ2) is 7.48. The largest absolute Gasteiger partial charge is 0.494 e. The molecule has 0 aliphatic carbocycles. The van der Waals surface area contributed by atoms with Gasteiger partial charge in [0.15, 0.2) is 0 Å². The normalized spacial score (nSPS) is 10.7. The molecule has 0 fully saturated rings. The van der Waals surface area contributed by atoms with Crippen LogP contribution in [0, 0.1) is 13.8 Å². The molecule has 6 nitrogen and oxygen atoms in total. The van der Waals surface area contributed by atoms with Crippen LogP contribution in [0.2, 0.25) is 0 Å². The van der Waals surface area contributed by atoms with Crippen molar-refractivity contribution in [1.29, 1.82) is 0 Å². The van der Waals surface area contributed by atoms with Crippen LogP contribution < -0.4 is 10.1 Å². The summed E-state index contributed by atoms with van der Waals surface area (Å²) in [6, 6.07) is 9.50. The number of rotatable bonds is 6. The highest BCUT2D eigenvalue weighted by atomic mass is 32.1. The molecular weight excluding hydrogens is 338 g/mol. The van der Waals surface area contributed by atoms with Gasteiger partial charge in [0.1, 0.15) is 27.1 Å². The number of thiazole rings is 1. The van der Waals surface area contributed by atoms with Gasteiger partial charge in [0.05, 0.1) is 18.8 Å². The van der Waals surface area contributed by atoms with Gasteiger partial charge < -0.3 is 14.6 Å². The summed E-state index contributed by atoms with van der Waals surface area (Å²) in [6.07, 6.45) is 0. The summed E-state index contributed by atoms with van der Waals surface area (Å²) < 4.78 is 10.4. The van der Waals surface area contributed by atoms with Gasteiger partial charge in [-0.2, -0.15) is 0 Å². The van der Waals surface area contributed by atoms with Crippen LogP contribution in [0.3, 0.4) is 0 Å². The number of hydrogen-bond donors (Lipinski definition) is 1. The molecule has 0 radical (unpaired) electrons. The first-order valence-electron chi connectivity index (χ1n) is 7.98. The number of amides is 1. The van der Waals surface area contributed by atoms with Crippen molar-refractivity contribution >= 4 is 17.2 Å². The molecule has 130 valence electrons. The minimum Gasteiger partial charge on any atom is -0.494 e. The van der Waals surface area contributed by atoms with Crippen LogP contribution in [0.5, 0.6) is 5.75 Å². The highest BCUT2D eigenvalue weighted by Crippen LogP contribution is 2.29. The van der Waals surface area contributed by atoms with Gasteiger partial charge in [-0.1, -0.05) is 5.16 Å². The van der Waals surface area contributed by atoms with Crippen LogP contribution in [0.1, 0.15) is 33.7 Å². The van der Waals surface area contributed by atoms with Gasteiger partial charge in [0.2, 0.25) is 0 Å². The van der Waals surface area contributed by atoms with Crippen molar-refractivity contribution in [3.63, 3.8) is 0 Å². The number of nitrogens with zero attached hydrogens (tertiary/aromatic N) is 2. The summed E-state index contributed by atoms with van der Waals surface area (Å²) in [5.74, 6) is 1.38. The molecule has 0 spiro atoms. The summed E-state index contributed by atoms with van der Waals surface area (Å²) in [5.41, 5.74) is 2.37. The maximum absolute atomic E-state index is 12.4. The number of benzene rings is 1. The fraction of sp³-hybridized carbons (Fsp3) is 0.278. The van der Waals surface area contributed by atoms with E-state index in [9.17, 15) is 4.79 Å². The first-order chi connectivity index (χ1) is 12.1. The molecule has 0 atom stereocenters. The third-order valence-electron chi connectivity index (χ3n) is 3.52. The Morgan fingerprint density at radius 1 is 1.28 bits per heavy atom. The first-order valence-corrected chi connectivity index (χ1v) is 8.79. The van der Waals surface area contributed by atoms with E-state index >= 15 is 0 Å². The first kappa shape index (κ1) is 17.2. The molecule has 0 saturated carbocycles. The monoisotopic (exact) mass is 357 g/mol. The second-order valence-electron chi connectivity index (χ2n) is 5.50. The van der Waals surface area contributed by atoms with E-state index in [4.69, 9.17) is 9.26 Å². The van der Waals surface area contributed by atoms with Gasteiger partial charge in [-0.3, -0.25) is 4.79 Å². The molecule has 1 amide bonds. The van der Waals surface area contributed by atoms with Crippen molar-refractivity contribution < 1.29 is 14.1 Å². The summed E-state index contributed by atoms with van der Waals surface area (Å²) >= 11 is 1.37. The molecule has 7 heteroatoms. The zero-order valence-electron chi connectivity index (χ0n) is 14.3. The number of aryl methyl sites for hydroxylation is 2. The summed E-state index contributed by atoms with van der Waals surface area (Å²) in [7, 11) is 0. The standard InChI is InChI=1S/C18H19N3O3S/c1-4-23-15-7-5-13(6-8-15)18-20-12(3)16(25-18)17(22)19-10-14-9-11(2)24-21-14/h5-9H,4,10H2,1-3H3,(H,19,22). The Hall–Kier alpha value is -2.67. The van der Waals surface area contributed by atoms with E-state index in [0.29, 0.717) is 29.4 Å². The zero-order valence-corrected chi connectivity index (χ0v) is 15.1. The van der Waals surface area contributed by atoms with Crippen LogP contribution in [0.25, 0.3) is 10.6 Å². The van der Waals surface area contributed by atoms with E-state index in [1.165, 1.54) is 11.3 Å². The van der Waals surface area contributed by atoms with Crippen molar-refractivity contribution in [1.82, 2.24) is 15.5 Å². The lowest BCUT2D eigenvalue weighted by Crippen LogP contribution is -2.22. The Labute approximate surface area is 149 Å². The van der Waals surface area contributed by atoms with Gasteiger partial charge in [0.25, 0.3) is 5.91 Å². The molecule has 25 heavy (non-hydrogen) atoms. The zero-order chi connectivity index (χ0) is 17.8. The lowest BCUT2D eigenvalue weighted by Gasteiger charge is -2.03. The molecule has 0 unspecified atom stereocenters. The van der Waals surface area contributed by atoms with Crippen molar-refractivity contribution in [2.75, 3.05) is 6.61 Å². The van der Waals surface area contributed by atoms with Gasteiger partial charge in [0, 0.05) is 11.6 Å². The smallest absolute Gasteiger partial charge is 0.263 e. The molecule has 0 saturated heterocycles. The molecule has 0 aliphatic heterocycles. The Kier molecular flexibility index (Phi) is 5.14. The molecular formula is C18H19N3O3S. The highest BCUT2D eigenvalue weighted by molar-refractivity contribution is 7.17. The van der Waals surface area contributed by atoms with Crippen LogP contribution in [-0.2, 0) is 6.54 Å². The molecule has 1 aromatic carbocycles. The van der Waals surface area contributed by atoms with E-state index in [2.05, 4.69) is 15.5 Å². The lowest BCUT2D eigenvalue weighted by atomic mass is 10.2. The van der Waals surface area contributed by atoms with Gasteiger partial charge in [-0.15, -0.1) is 11.3 Å². The number of aromatic nitrogens is 2. The summed E-state index contributed by atoms with van der Waals surface area (Å²) in [6.45, 7) is 6.55. The maximum atomic E-state index is 12.4. The number of carbonyl (C=O) groups excluding carboxylic acids is 1. The lowest BCUT2D eigenvalue weighted by molar-refractivity contribution is 0.0953. The molecule has 2 aromatic heterocycles. The Bertz CT molecular complexity index is 868. The Balaban J connectivity index is 1.71. The Morgan fingerprint density at radius 3 is 2.68 bits per heavy atom. The SMILES string of the molecule is CCOc1ccc(-c2nc(C)c(C(=O)NCc3cc(C)on3)s2)cc1. The Morgan fingerprint density at radius 2 is 2.04 bits per heavy atom. The van der Waals surface area contributed by atoms with Crippen LogP contribution in [0.15, 0.2) is 34.9 Å². The van der Waals surface area contributed by atoms with E-state index in [1.54, 1.807) is 6.07 Å². The molecule has 2 heterocycles.